The predicted molar refractivity (Wildman–Crippen MR) is 62.0 cm³/mol. The molecule has 18 heavy (non-hydrogen) atoms. The van der Waals surface area contributed by atoms with E-state index in [1.807, 2.05) is 0 Å². The lowest BCUT2D eigenvalue weighted by atomic mass is 10.2. The molecular weight excluding hydrogens is 244 g/mol. The second kappa shape index (κ2) is 9.60. The van der Waals surface area contributed by atoms with Gasteiger partial charge >= 0.3 is 5.97 Å². The normalized spacial score (nSPS) is 13.7. The lowest BCUT2D eigenvalue weighted by Gasteiger charge is -2.13. The van der Waals surface area contributed by atoms with Crippen molar-refractivity contribution in [2.24, 2.45) is 5.73 Å². The van der Waals surface area contributed by atoms with Crippen LogP contribution in [0.15, 0.2) is 0 Å². The van der Waals surface area contributed by atoms with Crippen LogP contribution in [-0.2, 0) is 14.4 Å². The Balaban J connectivity index is 3.35. The summed E-state index contributed by atoms with van der Waals surface area (Å²) in [5, 5.41) is 18.0. The third kappa shape index (κ3) is 8.71. The van der Waals surface area contributed by atoms with Crippen LogP contribution in [0.1, 0.15) is 32.6 Å². The van der Waals surface area contributed by atoms with Crippen molar-refractivity contribution in [2.45, 2.75) is 44.8 Å². The molecule has 0 rings (SSSR count). The van der Waals surface area contributed by atoms with Gasteiger partial charge in [0.15, 0.2) is 0 Å². The quantitative estimate of drug-likeness (QED) is 0.246. The molecule has 0 aliphatic rings. The van der Waals surface area contributed by atoms with E-state index in [-0.39, 0.29) is 13.2 Å². The van der Waals surface area contributed by atoms with Crippen LogP contribution in [0.25, 0.3) is 0 Å². The summed E-state index contributed by atoms with van der Waals surface area (Å²) in [6, 6.07) is -1.02. The molecule has 0 saturated heterocycles. The fourth-order valence-electron chi connectivity index (χ4n) is 1.16. The van der Waals surface area contributed by atoms with Crippen molar-refractivity contribution < 1.29 is 24.6 Å². The summed E-state index contributed by atoms with van der Waals surface area (Å²) in [5.41, 5.74) is 5.36. The standard InChI is InChI=1S/C10H20N2O6/c1-8(13)9(11)10(14)17-6-4-2-3-5-7-18-12(15)16/h8-9,13H,2-7,11H2,1H3. The van der Waals surface area contributed by atoms with Gasteiger partial charge in [0.05, 0.1) is 19.3 Å². The first-order valence-electron chi connectivity index (χ1n) is 5.82. The van der Waals surface area contributed by atoms with Crippen LogP contribution in [0.5, 0.6) is 0 Å². The lowest BCUT2D eigenvalue weighted by molar-refractivity contribution is -0.757. The van der Waals surface area contributed by atoms with Crippen LogP contribution < -0.4 is 5.73 Å². The molecule has 2 unspecified atom stereocenters. The van der Waals surface area contributed by atoms with Gasteiger partial charge in [0.2, 0.25) is 0 Å². The minimum absolute atomic E-state index is 0.0830. The molecule has 3 N–H and O–H groups in total. The minimum atomic E-state index is -1.02. The number of hydrogen-bond donors (Lipinski definition) is 2. The van der Waals surface area contributed by atoms with E-state index in [0.717, 1.165) is 12.8 Å². The van der Waals surface area contributed by atoms with E-state index in [4.69, 9.17) is 15.6 Å². The van der Waals surface area contributed by atoms with E-state index in [2.05, 4.69) is 4.84 Å². The van der Waals surface area contributed by atoms with Crippen molar-refractivity contribution in [2.75, 3.05) is 13.2 Å². The van der Waals surface area contributed by atoms with Gasteiger partial charge in [-0.1, -0.05) is 6.42 Å². The van der Waals surface area contributed by atoms with Crippen LogP contribution in [-0.4, -0.2) is 41.5 Å². The summed E-state index contributed by atoms with van der Waals surface area (Å²) in [6.07, 6.45) is 1.84. The molecule has 0 aromatic heterocycles. The number of carbonyl (C=O) groups excluding carboxylic acids is 1. The first-order chi connectivity index (χ1) is 8.45. The number of esters is 1. The van der Waals surface area contributed by atoms with Gasteiger partial charge in [-0.05, 0) is 26.2 Å². The first kappa shape index (κ1) is 16.6. The van der Waals surface area contributed by atoms with Crippen molar-refractivity contribution in [3.05, 3.63) is 10.1 Å². The summed E-state index contributed by atoms with van der Waals surface area (Å²) >= 11 is 0. The van der Waals surface area contributed by atoms with Crippen LogP contribution in [0.3, 0.4) is 0 Å². The fraction of sp³-hybridized carbons (Fsp3) is 0.900. The fourth-order valence-corrected chi connectivity index (χ4v) is 1.16. The number of rotatable bonds is 10. The Kier molecular flexibility index (Phi) is 8.85. The Labute approximate surface area is 105 Å². The Morgan fingerprint density at radius 1 is 1.33 bits per heavy atom. The molecule has 0 spiro atoms. The van der Waals surface area contributed by atoms with Gasteiger partial charge in [-0.15, -0.1) is 10.1 Å². The largest absolute Gasteiger partial charge is 0.464 e. The second-order valence-electron chi connectivity index (χ2n) is 3.90. The summed E-state index contributed by atoms with van der Waals surface area (Å²) in [5.74, 6) is -0.623. The highest BCUT2D eigenvalue weighted by Gasteiger charge is 2.19. The number of hydrogen-bond acceptors (Lipinski definition) is 7. The highest BCUT2D eigenvalue weighted by atomic mass is 16.9. The number of ether oxygens (including phenoxy) is 1. The van der Waals surface area contributed by atoms with Crippen LogP contribution >= 0.6 is 0 Å². The molecule has 0 aliphatic carbocycles. The maximum absolute atomic E-state index is 11.2. The van der Waals surface area contributed by atoms with Crippen molar-refractivity contribution in [1.82, 2.24) is 0 Å². The molecule has 0 radical (unpaired) electrons. The van der Waals surface area contributed by atoms with E-state index in [1.165, 1.54) is 6.92 Å². The molecule has 2 atom stereocenters. The summed E-state index contributed by atoms with van der Waals surface area (Å²) in [6.45, 7) is 1.73. The number of aliphatic hydroxyl groups excluding tert-OH is 1. The van der Waals surface area contributed by atoms with E-state index < -0.39 is 23.2 Å². The zero-order valence-electron chi connectivity index (χ0n) is 10.4. The van der Waals surface area contributed by atoms with E-state index in [0.29, 0.717) is 12.8 Å². The summed E-state index contributed by atoms with van der Waals surface area (Å²) in [4.78, 5) is 25.2. The Morgan fingerprint density at radius 3 is 2.39 bits per heavy atom. The van der Waals surface area contributed by atoms with Gasteiger partial charge in [0.1, 0.15) is 6.04 Å². The third-order valence-corrected chi connectivity index (χ3v) is 2.27. The molecular formula is C10H20N2O6. The van der Waals surface area contributed by atoms with Gasteiger partial charge in [0, 0.05) is 0 Å². The van der Waals surface area contributed by atoms with Crippen LogP contribution in [0.4, 0.5) is 0 Å². The van der Waals surface area contributed by atoms with Crippen molar-refractivity contribution in [3.63, 3.8) is 0 Å². The van der Waals surface area contributed by atoms with Crippen molar-refractivity contribution in [3.8, 4) is 0 Å². The highest BCUT2D eigenvalue weighted by Crippen LogP contribution is 2.01. The van der Waals surface area contributed by atoms with E-state index in [1.54, 1.807) is 0 Å². The Morgan fingerprint density at radius 2 is 1.89 bits per heavy atom. The maximum Gasteiger partial charge on any atom is 0.325 e. The van der Waals surface area contributed by atoms with Crippen LogP contribution in [0.2, 0.25) is 0 Å². The van der Waals surface area contributed by atoms with Gasteiger partial charge in [-0.2, -0.15) is 0 Å². The molecule has 0 aliphatic heterocycles. The second-order valence-corrected chi connectivity index (χ2v) is 3.90. The number of aliphatic hydroxyl groups is 1. The van der Waals surface area contributed by atoms with Gasteiger partial charge in [-0.3, -0.25) is 4.79 Å². The average Bonchev–Trinajstić information content (AvgIpc) is 2.30. The smallest absolute Gasteiger partial charge is 0.325 e. The number of nitrogens with zero attached hydrogens (tertiary/aromatic N) is 1. The molecule has 106 valence electrons. The monoisotopic (exact) mass is 264 g/mol. The average molecular weight is 264 g/mol. The van der Waals surface area contributed by atoms with Crippen molar-refractivity contribution >= 4 is 5.97 Å². The van der Waals surface area contributed by atoms with E-state index >= 15 is 0 Å². The molecule has 8 heteroatoms. The molecule has 0 bridgehead atoms. The Hall–Kier alpha value is -1.41. The third-order valence-electron chi connectivity index (χ3n) is 2.27. The van der Waals surface area contributed by atoms with Gasteiger partial charge < -0.3 is 20.4 Å². The minimum Gasteiger partial charge on any atom is -0.464 e. The van der Waals surface area contributed by atoms with Crippen LogP contribution in [0, 0.1) is 10.1 Å². The SMILES string of the molecule is CC(O)C(N)C(=O)OCCCCCCO[N+](=O)[O-]. The highest BCUT2D eigenvalue weighted by molar-refractivity contribution is 5.76. The van der Waals surface area contributed by atoms with Crippen molar-refractivity contribution in [1.29, 1.82) is 0 Å². The predicted octanol–water partition coefficient (Wildman–Crippen LogP) is 0.00640. The number of nitrogens with two attached hydrogens (primary N) is 1. The molecule has 0 aromatic rings. The lowest BCUT2D eigenvalue weighted by Crippen LogP contribution is -2.41. The van der Waals surface area contributed by atoms with E-state index in [9.17, 15) is 14.9 Å². The molecule has 0 fully saturated rings. The summed E-state index contributed by atoms with van der Waals surface area (Å²) in [7, 11) is 0. The summed E-state index contributed by atoms with van der Waals surface area (Å²) < 4.78 is 4.85. The maximum atomic E-state index is 11.2. The molecule has 0 saturated carbocycles. The zero-order chi connectivity index (χ0) is 14.0. The van der Waals surface area contributed by atoms with Gasteiger partial charge in [0.25, 0.3) is 5.09 Å². The number of carbonyl (C=O) groups is 1. The molecule has 0 heterocycles. The molecule has 0 amide bonds. The number of unbranched alkanes of at least 4 members (excludes halogenated alkanes) is 3. The zero-order valence-corrected chi connectivity index (χ0v) is 10.4. The topological polar surface area (TPSA) is 125 Å². The Bertz CT molecular complexity index is 259. The first-order valence-corrected chi connectivity index (χ1v) is 5.82. The molecule has 8 nitrogen and oxygen atoms in total. The molecule has 0 aromatic carbocycles. The van der Waals surface area contributed by atoms with Gasteiger partial charge in [-0.25, -0.2) is 0 Å².